The average Bonchev–Trinajstić information content (AvgIpc) is 3.47. The number of pyridine rings is 2. The van der Waals surface area contributed by atoms with Crippen LogP contribution in [0, 0.1) is 0 Å². The first kappa shape index (κ1) is 34.7. The number of piperidine rings is 2. The zero-order valence-electron chi connectivity index (χ0n) is 29.1. The molecule has 0 aliphatic carbocycles. The van der Waals surface area contributed by atoms with Crippen LogP contribution in [-0.2, 0) is 28.5 Å². The number of anilines is 4. The number of imide groups is 1. The van der Waals surface area contributed by atoms with Crippen LogP contribution < -0.4 is 36.0 Å². The number of aryl methyl sites for hydroxylation is 2. The zero-order valence-corrected chi connectivity index (χ0v) is 29.9. The quantitative estimate of drug-likeness (QED) is 0.189. The summed E-state index contributed by atoms with van der Waals surface area (Å²) in [6.07, 6.45) is 5.75. The predicted octanol–water partition coefficient (Wildman–Crippen LogP) is 2.76. The summed E-state index contributed by atoms with van der Waals surface area (Å²) >= 11 is 6.55. The van der Waals surface area contributed by atoms with E-state index in [1.54, 1.807) is 30.2 Å². The third kappa shape index (κ3) is 6.68. The largest absolute Gasteiger partial charge is 0.478 e. The Morgan fingerprint density at radius 2 is 1.85 bits per heavy atom. The molecule has 1 unspecified atom stereocenters. The van der Waals surface area contributed by atoms with Gasteiger partial charge in [-0.1, -0.05) is 11.6 Å². The average molecular weight is 728 g/mol. The molecule has 2 saturated heterocycles. The third-order valence-corrected chi connectivity index (χ3v) is 10.1. The van der Waals surface area contributed by atoms with Gasteiger partial charge in [0.1, 0.15) is 10.8 Å². The second-order valence-corrected chi connectivity index (χ2v) is 13.4. The van der Waals surface area contributed by atoms with Crippen LogP contribution in [0.1, 0.15) is 37.3 Å². The van der Waals surface area contributed by atoms with Crippen LogP contribution in [-0.4, -0.2) is 86.9 Å². The van der Waals surface area contributed by atoms with Crippen molar-refractivity contribution in [3.8, 4) is 5.75 Å². The van der Waals surface area contributed by atoms with Crippen molar-refractivity contribution in [3.63, 3.8) is 0 Å². The highest BCUT2D eigenvalue weighted by atomic mass is 35.5. The van der Waals surface area contributed by atoms with E-state index >= 15 is 0 Å². The van der Waals surface area contributed by atoms with E-state index in [2.05, 4.69) is 35.8 Å². The van der Waals surface area contributed by atoms with Crippen molar-refractivity contribution in [1.82, 2.24) is 39.9 Å². The molecule has 2 aliphatic rings. The molecule has 7 rings (SSSR count). The summed E-state index contributed by atoms with van der Waals surface area (Å²) in [5.41, 5.74) is 2.55. The van der Waals surface area contributed by atoms with Crippen LogP contribution in [0.2, 0.25) is 5.02 Å². The van der Waals surface area contributed by atoms with E-state index in [0.29, 0.717) is 40.1 Å². The molecule has 1 atom stereocenters. The van der Waals surface area contributed by atoms with E-state index in [0.717, 1.165) is 48.0 Å². The maximum atomic E-state index is 12.8. The topological polar surface area (TPSA) is 182 Å². The van der Waals surface area contributed by atoms with Gasteiger partial charge in [-0.2, -0.15) is 10.1 Å². The lowest BCUT2D eigenvalue weighted by molar-refractivity contribution is -0.134. The molecule has 0 saturated carbocycles. The molecule has 17 heteroatoms. The molecule has 6 heterocycles. The first-order valence-corrected chi connectivity index (χ1v) is 17.3. The lowest BCUT2D eigenvalue weighted by Gasteiger charge is -2.37. The van der Waals surface area contributed by atoms with Crippen molar-refractivity contribution in [2.45, 2.75) is 37.6 Å². The van der Waals surface area contributed by atoms with Gasteiger partial charge < -0.3 is 29.7 Å². The molecule has 0 bridgehead atoms. The molecule has 5 aromatic rings. The van der Waals surface area contributed by atoms with Crippen molar-refractivity contribution in [1.29, 1.82) is 0 Å². The predicted molar refractivity (Wildman–Crippen MR) is 196 cm³/mol. The first-order chi connectivity index (χ1) is 25.0. The Balaban J connectivity index is 1.03. The lowest BCUT2D eigenvalue weighted by Crippen LogP contribution is -2.44. The normalized spacial score (nSPS) is 16.6. The minimum absolute atomic E-state index is 0.0676. The number of benzene rings is 1. The number of amides is 3. The molecule has 3 N–H and O–H groups in total. The fraction of sp³-hybridized carbons (Fsp3) is 0.371. The summed E-state index contributed by atoms with van der Waals surface area (Å²) in [7, 11) is 6.97. The van der Waals surface area contributed by atoms with E-state index in [9.17, 15) is 19.2 Å². The maximum absolute atomic E-state index is 12.8. The zero-order chi connectivity index (χ0) is 36.7. The summed E-state index contributed by atoms with van der Waals surface area (Å²) in [4.78, 5) is 67.0. The fourth-order valence-corrected chi connectivity index (χ4v) is 6.94. The summed E-state index contributed by atoms with van der Waals surface area (Å²) in [5.74, 6) is 0.462. The van der Waals surface area contributed by atoms with Crippen molar-refractivity contribution in [2.75, 3.05) is 48.9 Å². The number of carbonyl (C=O) groups is 3. The van der Waals surface area contributed by atoms with Gasteiger partial charge in [0.2, 0.25) is 17.8 Å². The minimum Gasteiger partial charge on any atom is -0.478 e. The number of nitrogens with one attached hydrogen (secondary N) is 3. The number of hydrogen-bond donors (Lipinski definition) is 3. The van der Waals surface area contributed by atoms with Crippen LogP contribution in [0.4, 0.5) is 23.3 Å². The minimum atomic E-state index is -0.481. The van der Waals surface area contributed by atoms with Gasteiger partial charge in [-0.3, -0.25) is 29.2 Å². The second-order valence-electron chi connectivity index (χ2n) is 13.0. The number of rotatable bonds is 9. The van der Waals surface area contributed by atoms with Crippen LogP contribution in [0.3, 0.4) is 0 Å². The Labute approximate surface area is 303 Å². The highest BCUT2D eigenvalue weighted by Crippen LogP contribution is 2.33. The van der Waals surface area contributed by atoms with Crippen molar-refractivity contribution in [3.05, 3.63) is 63.8 Å². The molecular formula is C35H38ClN11O5. The summed E-state index contributed by atoms with van der Waals surface area (Å²) in [6, 6.07) is 9.29. The van der Waals surface area contributed by atoms with Gasteiger partial charge in [-0.05, 0) is 43.5 Å². The molecule has 270 valence electrons. The molecule has 4 aromatic heterocycles. The fourth-order valence-electron chi connectivity index (χ4n) is 6.80. The highest BCUT2D eigenvalue weighted by molar-refractivity contribution is 6.33. The number of fused-ring (bicyclic) bond motifs is 2. The van der Waals surface area contributed by atoms with Gasteiger partial charge in [0.15, 0.2) is 18.2 Å². The molecular weight excluding hydrogens is 690 g/mol. The summed E-state index contributed by atoms with van der Waals surface area (Å²) < 4.78 is 8.74. The second kappa shape index (κ2) is 14.1. The number of hydrogen-bond acceptors (Lipinski definition) is 12. The molecule has 52 heavy (non-hydrogen) atoms. The number of ether oxygens (including phenoxy) is 1. The monoisotopic (exact) mass is 727 g/mol. The smallest absolute Gasteiger partial charge is 0.293 e. The van der Waals surface area contributed by atoms with Crippen LogP contribution in [0.25, 0.3) is 21.8 Å². The number of carbonyl (C=O) groups excluding carboxylic acids is 3. The molecule has 3 amide bonds. The summed E-state index contributed by atoms with van der Waals surface area (Å²) in [5, 5.41) is 14.7. The summed E-state index contributed by atoms with van der Waals surface area (Å²) in [6.45, 7) is 1.25. The third-order valence-electron chi connectivity index (χ3n) is 9.79. The van der Waals surface area contributed by atoms with Crippen LogP contribution >= 0.6 is 11.6 Å². The van der Waals surface area contributed by atoms with Gasteiger partial charge in [0.25, 0.3) is 11.5 Å². The molecule has 0 radical (unpaired) electrons. The lowest BCUT2D eigenvalue weighted by atomic mass is 9.93. The van der Waals surface area contributed by atoms with E-state index < -0.39 is 5.92 Å². The Morgan fingerprint density at radius 1 is 1.06 bits per heavy atom. The number of aromatic nitrogens is 6. The number of halogens is 1. The standard InChI is InChI=1S/C35H38ClN11O5/c1-37-30(49)18-52-27-14-19-13-20(5-7-25(19)45(3)34(27)51)40-32-24(36)17-39-35(42-32)44(2)21-9-11-47(12-10-21)28-15-26-23(16-38-28)31(43-46(26)4)22-6-8-29(48)41-33(22)50/h5,7,13-17,21-22H,6,8-12,18H2,1-4H3,(H,37,49)(H,39,40,42)(H,41,48,50). The van der Waals surface area contributed by atoms with Crippen molar-refractivity contribution < 1.29 is 19.1 Å². The molecule has 2 fully saturated rings. The van der Waals surface area contributed by atoms with E-state index in [1.165, 1.54) is 11.6 Å². The van der Waals surface area contributed by atoms with E-state index in [1.807, 2.05) is 38.4 Å². The highest BCUT2D eigenvalue weighted by Gasteiger charge is 2.32. The van der Waals surface area contributed by atoms with E-state index in [-0.39, 0.29) is 48.1 Å². The Bertz CT molecular complexity index is 2280. The molecule has 16 nitrogen and oxygen atoms in total. The molecule has 2 aliphatic heterocycles. The molecule has 0 spiro atoms. The molecule has 1 aromatic carbocycles. The van der Waals surface area contributed by atoms with Crippen molar-refractivity contribution >= 4 is 74.4 Å². The van der Waals surface area contributed by atoms with Crippen LogP contribution in [0.5, 0.6) is 5.75 Å². The maximum Gasteiger partial charge on any atom is 0.293 e. The van der Waals surface area contributed by atoms with E-state index in [4.69, 9.17) is 26.3 Å². The SMILES string of the molecule is CNC(=O)COc1cc2cc(Nc3nc(N(C)C4CCN(c5cc6c(cn5)c(C5CCC(=O)NC5=O)nn6C)CC4)ncc3Cl)ccc2n(C)c1=O. The Morgan fingerprint density at radius 3 is 2.60 bits per heavy atom. The Kier molecular flexibility index (Phi) is 9.40. The van der Waals surface area contributed by atoms with Crippen molar-refractivity contribution in [2.24, 2.45) is 14.1 Å². The van der Waals surface area contributed by atoms with Gasteiger partial charge in [-0.15, -0.1) is 0 Å². The van der Waals surface area contributed by atoms with Gasteiger partial charge in [0, 0.05) is 82.5 Å². The Hall–Kier alpha value is -5.77. The van der Waals surface area contributed by atoms with Gasteiger partial charge in [0.05, 0.1) is 28.8 Å². The van der Waals surface area contributed by atoms with Gasteiger partial charge >= 0.3 is 0 Å². The number of likely N-dealkylation sites (N-methyl/N-ethyl adjacent to an activating group) is 1. The van der Waals surface area contributed by atoms with Gasteiger partial charge in [-0.25, -0.2) is 9.97 Å². The number of nitrogens with zero attached hydrogens (tertiary/aromatic N) is 8. The van der Waals surface area contributed by atoms with Crippen LogP contribution in [0.15, 0.2) is 47.5 Å². The first-order valence-electron chi connectivity index (χ1n) is 16.9.